The molecule has 1 saturated carbocycles. The average Bonchev–Trinajstić information content (AvgIpc) is 2.03. The molecule has 0 aliphatic heterocycles. The zero-order chi connectivity index (χ0) is 9.82. The van der Waals surface area contributed by atoms with Gasteiger partial charge in [0, 0.05) is 0 Å². The second kappa shape index (κ2) is 13.6. The predicted molar refractivity (Wildman–Crippen MR) is 59.6 cm³/mol. The summed E-state index contributed by atoms with van der Waals surface area (Å²) >= 11 is 0. The van der Waals surface area contributed by atoms with E-state index in [-0.39, 0.29) is 0 Å². The molecule has 0 bridgehead atoms. The third-order valence-corrected chi connectivity index (χ3v) is 1.89. The largest absolute Gasteiger partial charge is 0.0656 e. The highest BCUT2D eigenvalue weighted by molar-refractivity contribution is 4.62. The van der Waals surface area contributed by atoms with Crippen LogP contribution in [0.2, 0.25) is 0 Å². The van der Waals surface area contributed by atoms with Crippen LogP contribution < -0.4 is 0 Å². The molecule has 0 nitrogen and oxygen atoms in total. The Morgan fingerprint density at radius 1 is 0.917 bits per heavy atom. The summed E-state index contributed by atoms with van der Waals surface area (Å²) in [6.07, 6.45) is 8.35. The maximum atomic E-state index is 2.31. The molecule has 0 unspecified atom stereocenters. The summed E-state index contributed by atoms with van der Waals surface area (Å²) in [4.78, 5) is 0. The third kappa shape index (κ3) is 16.5. The zero-order valence-electron chi connectivity index (χ0n) is 9.82. The van der Waals surface area contributed by atoms with Gasteiger partial charge in [-0.2, -0.15) is 0 Å². The van der Waals surface area contributed by atoms with Gasteiger partial charge in [0.15, 0.2) is 0 Å². The fraction of sp³-hybridized carbons (Fsp3) is 1.00. The molecule has 0 heteroatoms. The van der Waals surface area contributed by atoms with Crippen LogP contribution in [0.4, 0.5) is 0 Å². The fourth-order valence-electron chi connectivity index (χ4n) is 0.612. The minimum Gasteiger partial charge on any atom is -0.0656 e. The Morgan fingerprint density at radius 3 is 1.17 bits per heavy atom. The monoisotopic (exact) mass is 172 g/mol. The Kier molecular flexibility index (Phi) is 16.4. The highest BCUT2D eigenvalue weighted by Gasteiger charge is 2.09. The molecule has 0 aromatic carbocycles. The Hall–Kier alpha value is 0. The smallest absolute Gasteiger partial charge is 0.0443 e. The summed E-state index contributed by atoms with van der Waals surface area (Å²) in [6, 6.07) is 0. The minimum atomic E-state index is 1.06. The van der Waals surface area contributed by atoms with Crippen LogP contribution in [0.15, 0.2) is 0 Å². The molecule has 0 amide bonds. The SMILES string of the molecule is CC1CCC1.CCC.CCCC. The van der Waals surface area contributed by atoms with Gasteiger partial charge in [0.1, 0.15) is 0 Å². The first kappa shape index (κ1) is 14.5. The molecule has 0 atom stereocenters. The van der Waals surface area contributed by atoms with Crippen LogP contribution in [0.25, 0.3) is 0 Å². The molecule has 1 fully saturated rings. The molecular formula is C12H28. The number of hydrogen-bond acceptors (Lipinski definition) is 0. The van der Waals surface area contributed by atoms with E-state index in [1.165, 1.54) is 38.5 Å². The first-order valence-corrected chi connectivity index (χ1v) is 5.72. The highest BCUT2D eigenvalue weighted by Crippen LogP contribution is 2.24. The van der Waals surface area contributed by atoms with Crippen LogP contribution >= 0.6 is 0 Å². The van der Waals surface area contributed by atoms with E-state index in [0.717, 1.165) is 5.92 Å². The van der Waals surface area contributed by atoms with E-state index in [1.54, 1.807) is 0 Å². The average molecular weight is 172 g/mol. The Morgan fingerprint density at radius 2 is 1.17 bits per heavy atom. The predicted octanol–water partition coefficient (Wildman–Crippen LogP) is 5.03. The zero-order valence-corrected chi connectivity index (χ0v) is 9.82. The molecular weight excluding hydrogens is 144 g/mol. The lowest BCUT2D eigenvalue weighted by Crippen LogP contribution is -2.04. The normalized spacial score (nSPS) is 14.8. The molecule has 1 rings (SSSR count). The maximum absolute atomic E-state index is 2.31. The topological polar surface area (TPSA) is 0 Å². The first-order valence-electron chi connectivity index (χ1n) is 5.72. The molecule has 0 aromatic rings. The lowest BCUT2D eigenvalue weighted by molar-refractivity contribution is 0.346. The van der Waals surface area contributed by atoms with Gasteiger partial charge in [0.2, 0.25) is 0 Å². The quantitative estimate of drug-likeness (QED) is 0.520. The third-order valence-electron chi connectivity index (χ3n) is 1.89. The van der Waals surface area contributed by atoms with Gasteiger partial charge in [-0.05, 0) is 5.92 Å². The van der Waals surface area contributed by atoms with Crippen molar-refractivity contribution >= 4 is 0 Å². The molecule has 12 heavy (non-hydrogen) atoms. The lowest BCUT2D eigenvalue weighted by Gasteiger charge is -2.18. The van der Waals surface area contributed by atoms with Crippen molar-refractivity contribution in [1.29, 1.82) is 0 Å². The molecule has 76 valence electrons. The van der Waals surface area contributed by atoms with Crippen molar-refractivity contribution in [2.24, 2.45) is 5.92 Å². The van der Waals surface area contributed by atoms with Crippen LogP contribution in [-0.2, 0) is 0 Å². The van der Waals surface area contributed by atoms with E-state index in [0.29, 0.717) is 0 Å². The number of unbranched alkanes of at least 4 members (excludes halogenated alkanes) is 1. The van der Waals surface area contributed by atoms with Crippen LogP contribution in [0.5, 0.6) is 0 Å². The van der Waals surface area contributed by atoms with Crippen LogP contribution in [0, 0.1) is 5.92 Å². The summed E-state index contributed by atoms with van der Waals surface area (Å²) in [5.74, 6) is 1.06. The maximum Gasteiger partial charge on any atom is -0.0443 e. The van der Waals surface area contributed by atoms with Crippen LogP contribution in [0.3, 0.4) is 0 Å². The molecule has 0 spiro atoms. The summed E-state index contributed by atoms with van der Waals surface area (Å²) in [7, 11) is 0. The van der Waals surface area contributed by atoms with Gasteiger partial charge in [0.25, 0.3) is 0 Å². The van der Waals surface area contributed by atoms with Gasteiger partial charge in [-0.1, -0.05) is 73.1 Å². The first-order chi connectivity index (χ1) is 5.72. The summed E-state index contributed by atoms with van der Waals surface area (Å²) in [6.45, 7) is 10.9. The van der Waals surface area contributed by atoms with E-state index in [1.807, 2.05) is 0 Å². The van der Waals surface area contributed by atoms with Crippen molar-refractivity contribution in [2.45, 2.75) is 73.1 Å². The van der Waals surface area contributed by atoms with Gasteiger partial charge in [-0.3, -0.25) is 0 Å². The van der Waals surface area contributed by atoms with Gasteiger partial charge in [-0.15, -0.1) is 0 Å². The van der Waals surface area contributed by atoms with Crippen molar-refractivity contribution in [3.8, 4) is 0 Å². The second-order valence-electron chi connectivity index (χ2n) is 3.74. The van der Waals surface area contributed by atoms with Crippen molar-refractivity contribution in [3.63, 3.8) is 0 Å². The van der Waals surface area contributed by atoms with Crippen LogP contribution in [0.1, 0.15) is 73.1 Å². The van der Waals surface area contributed by atoms with Gasteiger partial charge in [0.05, 0.1) is 0 Å². The van der Waals surface area contributed by atoms with E-state index in [4.69, 9.17) is 0 Å². The van der Waals surface area contributed by atoms with Crippen LogP contribution in [-0.4, -0.2) is 0 Å². The molecule has 0 saturated heterocycles. The molecule has 1 aliphatic carbocycles. The summed E-state index contributed by atoms with van der Waals surface area (Å²) in [5.41, 5.74) is 0. The number of hydrogen-bond donors (Lipinski definition) is 0. The standard InChI is InChI=1S/C5H10.C4H10.C3H8/c1-5-3-2-4-5;1-3-4-2;1-3-2/h5H,2-4H2,1H3;3-4H2,1-2H3;3H2,1-2H3. The Bertz CT molecular complexity index is 51.1. The molecule has 0 heterocycles. The van der Waals surface area contributed by atoms with Crippen molar-refractivity contribution in [3.05, 3.63) is 0 Å². The second-order valence-corrected chi connectivity index (χ2v) is 3.74. The van der Waals surface area contributed by atoms with E-state index in [2.05, 4.69) is 34.6 Å². The molecule has 1 aliphatic rings. The summed E-state index contributed by atoms with van der Waals surface area (Å²) < 4.78 is 0. The minimum absolute atomic E-state index is 1.06. The van der Waals surface area contributed by atoms with E-state index in [9.17, 15) is 0 Å². The highest BCUT2D eigenvalue weighted by atomic mass is 14.1. The van der Waals surface area contributed by atoms with Crippen molar-refractivity contribution in [1.82, 2.24) is 0 Å². The molecule has 0 N–H and O–H groups in total. The molecule has 0 aromatic heterocycles. The number of rotatable bonds is 1. The van der Waals surface area contributed by atoms with Crippen molar-refractivity contribution in [2.75, 3.05) is 0 Å². The fourth-order valence-corrected chi connectivity index (χ4v) is 0.612. The Labute approximate surface area is 79.8 Å². The van der Waals surface area contributed by atoms with E-state index >= 15 is 0 Å². The van der Waals surface area contributed by atoms with Gasteiger partial charge < -0.3 is 0 Å². The molecule has 0 radical (unpaired) electrons. The van der Waals surface area contributed by atoms with Crippen molar-refractivity contribution < 1.29 is 0 Å². The van der Waals surface area contributed by atoms with E-state index < -0.39 is 0 Å². The summed E-state index contributed by atoms with van der Waals surface area (Å²) in [5, 5.41) is 0. The lowest BCUT2D eigenvalue weighted by atomic mass is 9.88. The van der Waals surface area contributed by atoms with Gasteiger partial charge in [-0.25, -0.2) is 0 Å². The Balaban J connectivity index is 0. The van der Waals surface area contributed by atoms with Gasteiger partial charge >= 0.3 is 0 Å².